The van der Waals surface area contributed by atoms with Crippen LogP contribution in [0.4, 0.5) is 0 Å². The van der Waals surface area contributed by atoms with E-state index in [4.69, 9.17) is 24.3 Å². The molecule has 0 aromatic heterocycles. The van der Waals surface area contributed by atoms with E-state index >= 15 is 0 Å². The summed E-state index contributed by atoms with van der Waals surface area (Å²) in [6, 6.07) is 0. The third kappa shape index (κ3) is 29.6. The highest BCUT2D eigenvalue weighted by Gasteiger charge is 2.39. The highest BCUT2D eigenvalue weighted by molar-refractivity contribution is 7.47. The normalized spacial score (nSPS) is 20.5. The van der Waals surface area contributed by atoms with Crippen LogP contribution in [0.25, 0.3) is 0 Å². The molecule has 0 radical (unpaired) electrons. The number of ether oxygens (including phenoxy) is 2. The van der Waals surface area contributed by atoms with E-state index in [-0.39, 0.29) is 44.4 Å². The van der Waals surface area contributed by atoms with Crippen molar-refractivity contribution < 1.29 is 52.9 Å². The molecule has 1 rings (SSSR count). The number of aliphatic hydroxyl groups is 3. The number of allylic oxidation sites excluding steroid dienone is 2. The third-order valence-electron chi connectivity index (χ3n) is 10.9. The number of aliphatic hydroxyl groups excluding tert-OH is 3. The lowest BCUT2D eigenvalue weighted by atomic mass is 9.88. The van der Waals surface area contributed by atoms with Crippen molar-refractivity contribution in [2.45, 2.75) is 212 Å². The fourth-order valence-electron chi connectivity index (χ4n) is 7.43. The molecule has 340 valence electrons. The van der Waals surface area contributed by atoms with E-state index in [2.05, 4.69) is 26.0 Å². The van der Waals surface area contributed by atoms with Gasteiger partial charge >= 0.3 is 19.8 Å². The minimum absolute atomic E-state index is 0.0189. The highest BCUT2D eigenvalue weighted by atomic mass is 31.2. The van der Waals surface area contributed by atoms with Crippen molar-refractivity contribution in [3.63, 3.8) is 0 Å². The first kappa shape index (κ1) is 54.4. The van der Waals surface area contributed by atoms with Crippen molar-refractivity contribution in [2.24, 2.45) is 17.6 Å². The Bertz CT molecular complexity index is 1120. The quantitative estimate of drug-likeness (QED) is 0.0170. The lowest BCUT2D eigenvalue weighted by Crippen LogP contribution is -2.29. The molecule has 0 aliphatic heterocycles. The van der Waals surface area contributed by atoms with E-state index in [9.17, 15) is 34.4 Å². The van der Waals surface area contributed by atoms with E-state index in [0.717, 1.165) is 70.6 Å². The molecule has 0 amide bonds. The van der Waals surface area contributed by atoms with Gasteiger partial charge in [-0.1, -0.05) is 141 Å². The molecule has 1 saturated carbocycles. The lowest BCUT2D eigenvalue weighted by Gasteiger charge is -2.21. The predicted octanol–water partition coefficient (Wildman–Crippen LogP) is 9.55. The summed E-state index contributed by atoms with van der Waals surface area (Å²) in [6.45, 7) is 3.39. The molecular weight excluding hydrogens is 761 g/mol. The fraction of sp³-hybridized carbons (Fsp3) is 0.867. The summed E-state index contributed by atoms with van der Waals surface area (Å²) >= 11 is 0. The molecular formula is C45H84NO11P. The Labute approximate surface area is 351 Å². The van der Waals surface area contributed by atoms with E-state index in [1.807, 2.05) is 6.08 Å². The number of hydrogen-bond donors (Lipinski definition) is 5. The summed E-state index contributed by atoms with van der Waals surface area (Å²) in [6.07, 6.45) is 31.2. The van der Waals surface area contributed by atoms with E-state index < -0.39 is 50.8 Å². The SMILES string of the molecule is CCCCCCCC/C=C\CCCCCCCCCC(=O)OC[C@H](COP(=O)(O)OCCN)OC(=O)CCCCCC[C@@H]1[C@@H](/C=C/[C@@H](O)CCCCC)[C@H](O)C[C@@H]1O. The van der Waals surface area contributed by atoms with Crippen LogP contribution in [0, 0.1) is 11.8 Å². The van der Waals surface area contributed by atoms with Crippen LogP contribution >= 0.6 is 7.82 Å². The van der Waals surface area contributed by atoms with Crippen LogP contribution < -0.4 is 5.73 Å². The standard InChI is InChI=1S/C45H84NO11P/c1-3-5-7-8-9-10-11-12-13-14-15-16-17-18-19-20-25-29-44(50)54-36-39(37-56-58(52,53)55-34-33-46)57-45(51)30-26-22-21-24-28-40-41(43(49)35-42(40)48)32-31-38(47)27-23-6-4-2/h12-13,31-32,38-43,47-49H,3-11,14-30,33-37,46H2,1-2H3,(H,52,53)/b13-12-,32-31+/t38-,39+,40+,41+,42-,43+/m0/s1. The van der Waals surface area contributed by atoms with Gasteiger partial charge in [-0.25, -0.2) is 4.57 Å². The number of unbranched alkanes of at least 4 members (excludes halogenated alkanes) is 18. The van der Waals surface area contributed by atoms with Gasteiger partial charge in [-0.15, -0.1) is 0 Å². The molecule has 7 atom stereocenters. The number of hydrogen-bond acceptors (Lipinski definition) is 11. The first-order valence-corrected chi connectivity index (χ1v) is 24.6. The van der Waals surface area contributed by atoms with Crippen molar-refractivity contribution in [2.75, 3.05) is 26.4 Å². The molecule has 0 aromatic carbocycles. The Kier molecular flexibility index (Phi) is 33.8. The minimum atomic E-state index is -4.44. The molecule has 1 aliphatic rings. The fourth-order valence-corrected chi connectivity index (χ4v) is 8.20. The summed E-state index contributed by atoms with van der Waals surface area (Å²) < 4.78 is 32.8. The maximum Gasteiger partial charge on any atom is 0.472 e. The molecule has 0 aromatic rings. The molecule has 0 heterocycles. The highest BCUT2D eigenvalue weighted by Crippen LogP contribution is 2.43. The Balaban J connectivity index is 2.35. The van der Waals surface area contributed by atoms with Crippen LogP contribution in [-0.4, -0.2) is 82.9 Å². The number of carbonyl (C=O) groups is 2. The Hall–Kier alpha value is -1.63. The van der Waals surface area contributed by atoms with Gasteiger partial charge in [0, 0.05) is 31.7 Å². The van der Waals surface area contributed by atoms with Gasteiger partial charge < -0.3 is 35.4 Å². The number of phosphoric ester groups is 1. The van der Waals surface area contributed by atoms with Crippen LogP contribution in [0.3, 0.4) is 0 Å². The maximum absolute atomic E-state index is 12.7. The molecule has 13 heteroatoms. The molecule has 1 fully saturated rings. The Morgan fingerprint density at radius 3 is 1.90 bits per heavy atom. The Morgan fingerprint density at radius 2 is 1.28 bits per heavy atom. The third-order valence-corrected chi connectivity index (χ3v) is 11.9. The van der Waals surface area contributed by atoms with Crippen molar-refractivity contribution >= 4 is 19.8 Å². The lowest BCUT2D eigenvalue weighted by molar-refractivity contribution is -0.161. The van der Waals surface area contributed by atoms with Gasteiger partial charge in [-0.3, -0.25) is 18.6 Å². The van der Waals surface area contributed by atoms with Crippen LogP contribution in [0.1, 0.15) is 187 Å². The van der Waals surface area contributed by atoms with Crippen molar-refractivity contribution in [1.82, 2.24) is 0 Å². The van der Waals surface area contributed by atoms with Gasteiger partial charge in [0.25, 0.3) is 0 Å². The Morgan fingerprint density at radius 1 is 0.724 bits per heavy atom. The average Bonchev–Trinajstić information content (AvgIpc) is 3.47. The first-order chi connectivity index (χ1) is 28.0. The monoisotopic (exact) mass is 846 g/mol. The second-order valence-electron chi connectivity index (χ2n) is 16.2. The average molecular weight is 846 g/mol. The number of carbonyl (C=O) groups excluding carboxylic acids is 2. The van der Waals surface area contributed by atoms with Crippen molar-refractivity contribution in [1.29, 1.82) is 0 Å². The van der Waals surface area contributed by atoms with Gasteiger partial charge in [0.1, 0.15) is 6.61 Å². The van der Waals surface area contributed by atoms with Gasteiger partial charge in [0.2, 0.25) is 0 Å². The number of rotatable bonds is 39. The molecule has 0 spiro atoms. The zero-order valence-corrected chi connectivity index (χ0v) is 37.3. The summed E-state index contributed by atoms with van der Waals surface area (Å²) in [5, 5.41) is 31.4. The predicted molar refractivity (Wildman–Crippen MR) is 231 cm³/mol. The summed E-state index contributed by atoms with van der Waals surface area (Å²) in [5.41, 5.74) is 5.35. The zero-order valence-electron chi connectivity index (χ0n) is 36.4. The van der Waals surface area contributed by atoms with E-state index in [1.54, 1.807) is 6.08 Å². The number of phosphoric acid groups is 1. The molecule has 12 nitrogen and oxygen atoms in total. The van der Waals surface area contributed by atoms with Gasteiger partial charge in [-0.2, -0.15) is 0 Å². The minimum Gasteiger partial charge on any atom is -0.462 e. The molecule has 0 bridgehead atoms. The molecule has 1 unspecified atom stereocenters. The van der Waals surface area contributed by atoms with Crippen LogP contribution in [0.5, 0.6) is 0 Å². The summed E-state index contributed by atoms with van der Waals surface area (Å²) in [4.78, 5) is 35.1. The maximum atomic E-state index is 12.7. The molecule has 1 aliphatic carbocycles. The second kappa shape index (κ2) is 36.1. The van der Waals surface area contributed by atoms with Crippen LogP contribution in [0.2, 0.25) is 0 Å². The van der Waals surface area contributed by atoms with E-state index in [0.29, 0.717) is 25.7 Å². The van der Waals surface area contributed by atoms with Gasteiger partial charge in [0.15, 0.2) is 6.10 Å². The molecule has 0 saturated heterocycles. The summed E-state index contributed by atoms with van der Waals surface area (Å²) in [5.74, 6) is -1.26. The van der Waals surface area contributed by atoms with Crippen LogP contribution in [0.15, 0.2) is 24.3 Å². The molecule has 6 N–H and O–H groups in total. The number of nitrogens with two attached hydrogens (primary N) is 1. The van der Waals surface area contributed by atoms with Crippen LogP contribution in [-0.2, 0) is 32.7 Å². The molecule has 58 heavy (non-hydrogen) atoms. The van der Waals surface area contributed by atoms with Gasteiger partial charge in [0.05, 0.1) is 31.5 Å². The summed E-state index contributed by atoms with van der Waals surface area (Å²) in [7, 11) is -4.44. The smallest absolute Gasteiger partial charge is 0.462 e. The largest absolute Gasteiger partial charge is 0.472 e. The van der Waals surface area contributed by atoms with Crippen molar-refractivity contribution in [3.05, 3.63) is 24.3 Å². The van der Waals surface area contributed by atoms with E-state index in [1.165, 1.54) is 64.2 Å². The van der Waals surface area contributed by atoms with Crippen molar-refractivity contribution in [3.8, 4) is 0 Å². The second-order valence-corrected chi connectivity index (χ2v) is 17.7. The topological polar surface area (TPSA) is 195 Å². The van der Waals surface area contributed by atoms with Gasteiger partial charge in [-0.05, 0) is 57.3 Å². The zero-order chi connectivity index (χ0) is 42.7. The number of esters is 2. The first-order valence-electron chi connectivity index (χ1n) is 23.1.